The standard InChI is InChI=1S/C17H22N4O4/c1-3-21-14-5-4-11(8-13(14)19-16(23)17(21)24)15(22)18-9-12-10-20(2)6-7-25-12/h4-5,8,12H,3,6-7,9-10H2,1-2H3,(H,18,22)(H,19,23). The van der Waals surface area contributed by atoms with Crippen molar-refractivity contribution in [2.75, 3.05) is 33.3 Å². The van der Waals surface area contributed by atoms with E-state index in [9.17, 15) is 14.4 Å². The summed E-state index contributed by atoms with van der Waals surface area (Å²) in [5, 5.41) is 2.86. The summed E-state index contributed by atoms with van der Waals surface area (Å²) in [5.41, 5.74) is 0.207. The SMILES string of the molecule is CCn1c(=O)c(=O)[nH]c2cc(C(=O)NCC3CN(C)CCO3)ccc21. The van der Waals surface area contributed by atoms with E-state index in [-0.39, 0.29) is 12.0 Å². The van der Waals surface area contributed by atoms with Crippen LogP contribution in [0.2, 0.25) is 0 Å². The zero-order valence-corrected chi connectivity index (χ0v) is 14.4. The van der Waals surface area contributed by atoms with Gasteiger partial charge in [0.15, 0.2) is 0 Å². The lowest BCUT2D eigenvalue weighted by atomic mass is 10.1. The molecule has 8 heteroatoms. The van der Waals surface area contributed by atoms with Gasteiger partial charge in [0.2, 0.25) is 0 Å². The number of morpholine rings is 1. The van der Waals surface area contributed by atoms with Gasteiger partial charge in [0, 0.05) is 31.7 Å². The first-order valence-electron chi connectivity index (χ1n) is 8.35. The summed E-state index contributed by atoms with van der Waals surface area (Å²) >= 11 is 0. The second kappa shape index (κ2) is 7.20. The fraction of sp³-hybridized carbons (Fsp3) is 0.471. The fourth-order valence-corrected chi connectivity index (χ4v) is 3.03. The largest absolute Gasteiger partial charge is 0.374 e. The molecular weight excluding hydrogens is 324 g/mol. The molecule has 0 aliphatic carbocycles. The van der Waals surface area contributed by atoms with E-state index in [1.807, 2.05) is 7.05 Å². The van der Waals surface area contributed by atoms with E-state index < -0.39 is 11.1 Å². The number of H-pyrrole nitrogens is 1. The summed E-state index contributed by atoms with van der Waals surface area (Å²) < 4.78 is 7.01. The number of rotatable bonds is 4. The number of likely N-dealkylation sites (N-methyl/N-ethyl adjacent to an activating group) is 1. The lowest BCUT2D eigenvalue weighted by Crippen LogP contribution is -2.45. The predicted octanol–water partition coefficient (Wildman–Crippen LogP) is -0.230. The average Bonchev–Trinajstić information content (AvgIpc) is 2.60. The first-order chi connectivity index (χ1) is 12.0. The van der Waals surface area contributed by atoms with Crippen LogP contribution in [0.1, 0.15) is 17.3 Å². The fourth-order valence-electron chi connectivity index (χ4n) is 3.03. The maximum Gasteiger partial charge on any atom is 0.316 e. The zero-order valence-electron chi connectivity index (χ0n) is 14.4. The van der Waals surface area contributed by atoms with Crippen LogP contribution in [0.5, 0.6) is 0 Å². The van der Waals surface area contributed by atoms with Gasteiger partial charge in [0.05, 0.1) is 23.7 Å². The Morgan fingerprint density at radius 1 is 1.40 bits per heavy atom. The van der Waals surface area contributed by atoms with Gasteiger partial charge in [-0.25, -0.2) is 0 Å². The van der Waals surface area contributed by atoms with Crippen molar-refractivity contribution in [1.29, 1.82) is 0 Å². The lowest BCUT2D eigenvalue weighted by Gasteiger charge is -2.30. The third kappa shape index (κ3) is 3.64. The Labute approximate surface area is 144 Å². The number of amides is 1. The molecule has 1 unspecified atom stereocenters. The lowest BCUT2D eigenvalue weighted by molar-refractivity contribution is -0.0175. The number of aromatic nitrogens is 2. The summed E-state index contributed by atoms with van der Waals surface area (Å²) in [4.78, 5) is 40.7. The van der Waals surface area contributed by atoms with E-state index in [4.69, 9.17) is 4.74 Å². The van der Waals surface area contributed by atoms with Crippen LogP contribution in [0.25, 0.3) is 11.0 Å². The van der Waals surface area contributed by atoms with Crippen LogP contribution in [0.3, 0.4) is 0 Å². The molecule has 1 saturated heterocycles. The zero-order chi connectivity index (χ0) is 18.0. The molecule has 0 bridgehead atoms. The van der Waals surface area contributed by atoms with Crippen LogP contribution in [0, 0.1) is 0 Å². The summed E-state index contributed by atoms with van der Waals surface area (Å²) in [7, 11) is 2.02. The van der Waals surface area contributed by atoms with Gasteiger partial charge in [-0.05, 0) is 32.2 Å². The summed E-state index contributed by atoms with van der Waals surface area (Å²) in [6.45, 7) is 4.92. The number of nitrogens with one attached hydrogen (secondary N) is 2. The molecule has 1 aliphatic rings. The van der Waals surface area contributed by atoms with Crippen molar-refractivity contribution < 1.29 is 9.53 Å². The van der Waals surface area contributed by atoms with Gasteiger partial charge in [-0.15, -0.1) is 0 Å². The quantitative estimate of drug-likeness (QED) is 0.746. The normalized spacial score (nSPS) is 18.4. The molecule has 1 aromatic carbocycles. The highest BCUT2D eigenvalue weighted by Gasteiger charge is 2.19. The minimum atomic E-state index is -0.689. The molecule has 3 rings (SSSR count). The smallest absolute Gasteiger partial charge is 0.316 e. The number of hydrogen-bond acceptors (Lipinski definition) is 5. The molecule has 0 spiro atoms. The number of aromatic amines is 1. The van der Waals surface area contributed by atoms with Gasteiger partial charge in [0.1, 0.15) is 0 Å². The van der Waals surface area contributed by atoms with Gasteiger partial charge < -0.3 is 24.5 Å². The van der Waals surface area contributed by atoms with E-state index in [0.29, 0.717) is 36.3 Å². The van der Waals surface area contributed by atoms with Crippen molar-refractivity contribution in [3.05, 3.63) is 44.5 Å². The third-order valence-electron chi connectivity index (χ3n) is 4.39. The van der Waals surface area contributed by atoms with Crippen LogP contribution in [0.4, 0.5) is 0 Å². The summed E-state index contributed by atoms with van der Waals surface area (Å²) in [5.74, 6) is -0.242. The molecule has 0 saturated carbocycles. The van der Waals surface area contributed by atoms with Crippen LogP contribution < -0.4 is 16.4 Å². The van der Waals surface area contributed by atoms with Gasteiger partial charge in [-0.2, -0.15) is 0 Å². The molecule has 8 nitrogen and oxygen atoms in total. The second-order valence-corrected chi connectivity index (χ2v) is 6.20. The molecule has 25 heavy (non-hydrogen) atoms. The molecule has 2 aromatic rings. The Balaban J connectivity index is 1.79. The van der Waals surface area contributed by atoms with E-state index in [1.54, 1.807) is 25.1 Å². The molecule has 1 fully saturated rings. The second-order valence-electron chi connectivity index (χ2n) is 6.20. The van der Waals surface area contributed by atoms with E-state index in [0.717, 1.165) is 13.1 Å². The maximum absolute atomic E-state index is 12.4. The topological polar surface area (TPSA) is 96.4 Å². The molecule has 2 heterocycles. The number of ether oxygens (including phenoxy) is 1. The van der Waals surface area contributed by atoms with Crippen molar-refractivity contribution in [2.24, 2.45) is 0 Å². The monoisotopic (exact) mass is 346 g/mol. The predicted molar refractivity (Wildman–Crippen MR) is 94.1 cm³/mol. The van der Waals surface area contributed by atoms with Gasteiger partial charge in [-0.3, -0.25) is 14.4 Å². The van der Waals surface area contributed by atoms with E-state index in [2.05, 4.69) is 15.2 Å². The number of hydrogen-bond donors (Lipinski definition) is 2. The molecule has 2 N–H and O–H groups in total. The maximum atomic E-state index is 12.4. The highest BCUT2D eigenvalue weighted by Crippen LogP contribution is 2.12. The van der Waals surface area contributed by atoms with Crippen molar-refractivity contribution in [3.8, 4) is 0 Å². The Bertz CT molecular complexity index is 902. The minimum absolute atomic E-state index is 0.0340. The molecule has 0 radical (unpaired) electrons. The Morgan fingerprint density at radius 2 is 2.20 bits per heavy atom. The van der Waals surface area contributed by atoms with Gasteiger partial charge >= 0.3 is 11.1 Å². The molecule has 134 valence electrons. The summed E-state index contributed by atoms with van der Waals surface area (Å²) in [6, 6.07) is 4.91. The highest BCUT2D eigenvalue weighted by atomic mass is 16.5. The van der Waals surface area contributed by atoms with Crippen LogP contribution in [-0.2, 0) is 11.3 Å². The first-order valence-corrected chi connectivity index (χ1v) is 8.35. The third-order valence-corrected chi connectivity index (χ3v) is 4.39. The van der Waals surface area contributed by atoms with Crippen LogP contribution in [0.15, 0.2) is 27.8 Å². The van der Waals surface area contributed by atoms with Crippen molar-refractivity contribution in [3.63, 3.8) is 0 Å². The van der Waals surface area contributed by atoms with E-state index >= 15 is 0 Å². The number of carbonyl (C=O) groups excluding carboxylic acids is 1. The van der Waals surface area contributed by atoms with Crippen LogP contribution in [-0.4, -0.2) is 59.8 Å². The van der Waals surface area contributed by atoms with Gasteiger partial charge in [-0.1, -0.05) is 0 Å². The number of fused-ring (bicyclic) bond motifs is 1. The Morgan fingerprint density at radius 3 is 2.92 bits per heavy atom. The molecule has 1 atom stereocenters. The highest BCUT2D eigenvalue weighted by molar-refractivity contribution is 5.97. The minimum Gasteiger partial charge on any atom is -0.374 e. The van der Waals surface area contributed by atoms with Crippen molar-refractivity contribution in [1.82, 2.24) is 19.8 Å². The van der Waals surface area contributed by atoms with Gasteiger partial charge in [0.25, 0.3) is 5.91 Å². The molecular formula is C17H22N4O4. The van der Waals surface area contributed by atoms with E-state index in [1.165, 1.54) is 4.57 Å². The Hall–Kier alpha value is -2.45. The van der Waals surface area contributed by atoms with Crippen molar-refractivity contribution >= 4 is 16.9 Å². The molecule has 1 amide bonds. The number of carbonyl (C=O) groups is 1. The molecule has 1 aliphatic heterocycles. The molecule has 1 aromatic heterocycles. The number of aryl methyl sites for hydroxylation is 1. The average molecular weight is 346 g/mol. The van der Waals surface area contributed by atoms with Crippen LogP contribution >= 0.6 is 0 Å². The van der Waals surface area contributed by atoms with Crippen molar-refractivity contribution in [2.45, 2.75) is 19.6 Å². The number of nitrogens with zero attached hydrogens (tertiary/aromatic N) is 2. The number of benzene rings is 1. The summed E-state index contributed by atoms with van der Waals surface area (Å²) in [6.07, 6.45) is -0.0340. The first kappa shape index (κ1) is 17.4. The Kier molecular flexibility index (Phi) is 5.00.